The van der Waals surface area contributed by atoms with Gasteiger partial charge in [0, 0.05) is 0 Å². The lowest BCUT2D eigenvalue weighted by molar-refractivity contribution is 0.193. The summed E-state index contributed by atoms with van der Waals surface area (Å²) in [5.74, 6) is 0. The van der Waals surface area contributed by atoms with Crippen LogP contribution in [0, 0.1) is 6.92 Å². The summed E-state index contributed by atoms with van der Waals surface area (Å²) >= 11 is 0. The number of aryl methyl sites for hydroxylation is 1. The van der Waals surface area contributed by atoms with Gasteiger partial charge in [-0.1, -0.05) is 23.8 Å². The molecule has 0 aliphatic rings. The van der Waals surface area contributed by atoms with E-state index < -0.39 is 6.10 Å². The fourth-order valence-corrected chi connectivity index (χ4v) is 1.25. The van der Waals surface area contributed by atoms with Crippen LogP contribution in [0.1, 0.15) is 29.7 Å². The zero-order chi connectivity index (χ0) is 9.14. The molecular formula is C10H14O2. The summed E-state index contributed by atoms with van der Waals surface area (Å²) in [5, 5.41) is 18.3. The van der Waals surface area contributed by atoms with Gasteiger partial charge in [0.15, 0.2) is 0 Å². The van der Waals surface area contributed by atoms with Crippen molar-refractivity contribution in [3.05, 3.63) is 34.9 Å². The normalized spacial score (nSPS) is 13.0. The summed E-state index contributed by atoms with van der Waals surface area (Å²) in [5.41, 5.74) is 2.72. The lowest BCUT2D eigenvalue weighted by atomic mass is 10.0. The van der Waals surface area contributed by atoms with Crippen molar-refractivity contribution < 1.29 is 10.2 Å². The number of aliphatic hydroxyl groups is 2. The predicted molar refractivity (Wildman–Crippen MR) is 47.7 cm³/mol. The van der Waals surface area contributed by atoms with Crippen LogP contribution in [0.5, 0.6) is 0 Å². The molecule has 1 aromatic carbocycles. The monoisotopic (exact) mass is 166 g/mol. The summed E-state index contributed by atoms with van der Waals surface area (Å²) in [6, 6.07) is 5.67. The van der Waals surface area contributed by atoms with Crippen molar-refractivity contribution in [3.63, 3.8) is 0 Å². The molecule has 0 fully saturated rings. The highest BCUT2D eigenvalue weighted by Gasteiger charge is 2.06. The zero-order valence-corrected chi connectivity index (χ0v) is 7.41. The van der Waals surface area contributed by atoms with Crippen LogP contribution in [0.25, 0.3) is 0 Å². The molecule has 0 radical (unpaired) electrons. The number of hydrogen-bond donors (Lipinski definition) is 2. The molecule has 0 aromatic heterocycles. The number of benzene rings is 1. The Balaban J connectivity index is 3.12. The largest absolute Gasteiger partial charge is 0.392 e. The highest BCUT2D eigenvalue weighted by atomic mass is 16.3. The van der Waals surface area contributed by atoms with Crippen LogP contribution >= 0.6 is 0 Å². The SMILES string of the molecule is Cc1ccc(CO)c(C(C)O)c1. The van der Waals surface area contributed by atoms with Crippen molar-refractivity contribution in [3.8, 4) is 0 Å². The van der Waals surface area contributed by atoms with E-state index in [1.165, 1.54) is 0 Å². The van der Waals surface area contributed by atoms with Crippen LogP contribution < -0.4 is 0 Å². The van der Waals surface area contributed by atoms with E-state index in [1.54, 1.807) is 6.92 Å². The molecule has 0 aliphatic heterocycles. The van der Waals surface area contributed by atoms with Gasteiger partial charge in [0.05, 0.1) is 12.7 Å². The molecule has 1 atom stereocenters. The quantitative estimate of drug-likeness (QED) is 0.699. The third kappa shape index (κ3) is 1.84. The van der Waals surface area contributed by atoms with Crippen molar-refractivity contribution in [2.24, 2.45) is 0 Å². The Bertz CT molecular complexity index is 267. The van der Waals surface area contributed by atoms with Crippen LogP contribution in [-0.4, -0.2) is 10.2 Å². The van der Waals surface area contributed by atoms with Crippen LogP contribution in [0.15, 0.2) is 18.2 Å². The number of rotatable bonds is 2. The Labute approximate surface area is 72.5 Å². The first kappa shape index (κ1) is 9.23. The average molecular weight is 166 g/mol. The highest BCUT2D eigenvalue weighted by Crippen LogP contribution is 2.19. The van der Waals surface area contributed by atoms with Gasteiger partial charge in [-0.15, -0.1) is 0 Å². The topological polar surface area (TPSA) is 40.5 Å². The molecule has 2 heteroatoms. The standard InChI is InChI=1S/C10H14O2/c1-7-3-4-9(6-11)10(5-7)8(2)12/h3-5,8,11-12H,6H2,1-2H3. The fourth-order valence-electron chi connectivity index (χ4n) is 1.25. The van der Waals surface area contributed by atoms with Gasteiger partial charge in [-0.25, -0.2) is 0 Å². The number of hydrogen-bond acceptors (Lipinski definition) is 2. The van der Waals surface area contributed by atoms with E-state index in [0.29, 0.717) is 0 Å². The molecule has 0 saturated heterocycles. The summed E-state index contributed by atoms with van der Waals surface area (Å²) in [6.07, 6.45) is -0.507. The highest BCUT2D eigenvalue weighted by molar-refractivity contribution is 5.32. The molecule has 2 N–H and O–H groups in total. The van der Waals surface area contributed by atoms with Crippen molar-refractivity contribution in [1.82, 2.24) is 0 Å². The van der Waals surface area contributed by atoms with Gasteiger partial charge in [-0.2, -0.15) is 0 Å². The van der Waals surface area contributed by atoms with Crippen LogP contribution in [0.3, 0.4) is 0 Å². The first-order valence-electron chi connectivity index (χ1n) is 4.03. The van der Waals surface area contributed by atoms with Crippen molar-refractivity contribution in [2.75, 3.05) is 0 Å². The van der Waals surface area contributed by atoms with Gasteiger partial charge in [0.25, 0.3) is 0 Å². The molecule has 0 aliphatic carbocycles. The van der Waals surface area contributed by atoms with E-state index in [4.69, 9.17) is 5.11 Å². The molecule has 0 amide bonds. The van der Waals surface area contributed by atoms with Gasteiger partial charge in [0.2, 0.25) is 0 Å². The third-order valence-electron chi connectivity index (χ3n) is 1.92. The lowest BCUT2D eigenvalue weighted by Gasteiger charge is -2.10. The van der Waals surface area contributed by atoms with Crippen LogP contribution in [-0.2, 0) is 6.61 Å². The van der Waals surface area contributed by atoms with Crippen LogP contribution in [0.4, 0.5) is 0 Å². The Morgan fingerprint density at radius 2 is 2.08 bits per heavy atom. The van der Waals surface area contributed by atoms with Gasteiger partial charge < -0.3 is 10.2 Å². The smallest absolute Gasteiger partial charge is 0.0765 e. The maximum atomic E-state index is 9.35. The minimum atomic E-state index is -0.507. The average Bonchev–Trinajstić information content (AvgIpc) is 2.04. The zero-order valence-electron chi connectivity index (χ0n) is 7.41. The number of aliphatic hydroxyl groups excluding tert-OH is 2. The second kappa shape index (κ2) is 3.70. The molecule has 0 saturated carbocycles. The van der Waals surface area contributed by atoms with Crippen LogP contribution in [0.2, 0.25) is 0 Å². The summed E-state index contributed by atoms with van der Waals surface area (Å²) in [7, 11) is 0. The van der Waals surface area contributed by atoms with E-state index in [0.717, 1.165) is 16.7 Å². The predicted octanol–water partition coefficient (Wildman–Crippen LogP) is 1.54. The Kier molecular flexibility index (Phi) is 2.84. The summed E-state index contributed by atoms with van der Waals surface area (Å²) in [6.45, 7) is 3.65. The van der Waals surface area contributed by atoms with Gasteiger partial charge in [-0.05, 0) is 25.0 Å². The Hall–Kier alpha value is -0.860. The minimum absolute atomic E-state index is 0.0134. The molecule has 66 valence electrons. The van der Waals surface area contributed by atoms with E-state index in [-0.39, 0.29) is 6.61 Å². The Morgan fingerprint density at radius 3 is 2.58 bits per heavy atom. The molecule has 0 spiro atoms. The molecule has 1 aromatic rings. The van der Waals surface area contributed by atoms with E-state index in [2.05, 4.69) is 0 Å². The van der Waals surface area contributed by atoms with Gasteiger partial charge in [0.1, 0.15) is 0 Å². The molecule has 12 heavy (non-hydrogen) atoms. The fraction of sp³-hybridized carbons (Fsp3) is 0.400. The molecule has 1 rings (SSSR count). The summed E-state index contributed by atoms with van der Waals surface area (Å²) in [4.78, 5) is 0. The van der Waals surface area contributed by atoms with Gasteiger partial charge in [-0.3, -0.25) is 0 Å². The second-order valence-electron chi connectivity index (χ2n) is 3.04. The third-order valence-corrected chi connectivity index (χ3v) is 1.92. The molecule has 1 unspecified atom stereocenters. The minimum Gasteiger partial charge on any atom is -0.392 e. The first-order chi connectivity index (χ1) is 5.65. The molecular weight excluding hydrogens is 152 g/mol. The second-order valence-corrected chi connectivity index (χ2v) is 3.04. The van der Waals surface area contributed by atoms with Crippen molar-refractivity contribution in [2.45, 2.75) is 26.6 Å². The molecule has 0 heterocycles. The van der Waals surface area contributed by atoms with E-state index in [1.807, 2.05) is 25.1 Å². The van der Waals surface area contributed by atoms with Crippen molar-refractivity contribution in [1.29, 1.82) is 0 Å². The van der Waals surface area contributed by atoms with E-state index >= 15 is 0 Å². The first-order valence-corrected chi connectivity index (χ1v) is 4.03. The maximum Gasteiger partial charge on any atom is 0.0765 e. The van der Waals surface area contributed by atoms with Gasteiger partial charge >= 0.3 is 0 Å². The maximum absolute atomic E-state index is 9.35. The van der Waals surface area contributed by atoms with E-state index in [9.17, 15) is 5.11 Å². The Morgan fingerprint density at radius 1 is 1.42 bits per heavy atom. The van der Waals surface area contributed by atoms with Crippen molar-refractivity contribution >= 4 is 0 Å². The molecule has 0 bridgehead atoms. The lowest BCUT2D eigenvalue weighted by Crippen LogP contribution is -1.98. The summed E-state index contributed by atoms with van der Waals surface area (Å²) < 4.78 is 0. The molecule has 2 nitrogen and oxygen atoms in total.